The zero-order chi connectivity index (χ0) is 16.2. The molecule has 118 valence electrons. The number of fused-ring (bicyclic) bond motifs is 1. The van der Waals surface area contributed by atoms with Gasteiger partial charge in [0, 0.05) is 29.9 Å². The molecule has 0 amide bonds. The summed E-state index contributed by atoms with van der Waals surface area (Å²) >= 11 is 1.38. The number of carboxylic acid groups (broad SMARTS) is 1. The summed E-state index contributed by atoms with van der Waals surface area (Å²) in [5, 5.41) is 18.5. The molecule has 0 aliphatic heterocycles. The van der Waals surface area contributed by atoms with E-state index in [0.717, 1.165) is 22.1 Å². The molecule has 1 aromatic heterocycles. The molecule has 0 aliphatic rings. The van der Waals surface area contributed by atoms with Gasteiger partial charge in [-0.3, -0.25) is 0 Å². The van der Waals surface area contributed by atoms with E-state index in [1.165, 1.54) is 11.3 Å². The van der Waals surface area contributed by atoms with Crippen LogP contribution >= 0.6 is 11.3 Å². The predicted molar refractivity (Wildman–Crippen MR) is 88.7 cm³/mol. The number of carbonyl (C=O) groups excluding carboxylic acids is 1. The molecule has 0 radical (unpaired) electrons. The van der Waals surface area contributed by atoms with Gasteiger partial charge >= 0.3 is 0 Å². The van der Waals surface area contributed by atoms with E-state index in [1.807, 2.05) is 24.3 Å². The van der Waals surface area contributed by atoms with Gasteiger partial charge < -0.3 is 20.0 Å². The highest BCUT2D eigenvalue weighted by molar-refractivity contribution is 7.13. The number of hydrogen-bond donors (Lipinski definition) is 1. The van der Waals surface area contributed by atoms with Gasteiger partial charge in [0.1, 0.15) is 5.75 Å². The molecule has 3 rings (SSSR count). The summed E-state index contributed by atoms with van der Waals surface area (Å²) in [5.41, 5.74) is 1.55. The lowest BCUT2D eigenvalue weighted by Crippen LogP contribution is -2.24. The van der Waals surface area contributed by atoms with Crippen LogP contribution in [0.1, 0.15) is 11.3 Å². The van der Waals surface area contributed by atoms with Crippen molar-refractivity contribution in [3.05, 3.63) is 53.0 Å². The molecule has 0 saturated carbocycles. The number of aromatic nitrogens is 1. The molecule has 0 spiro atoms. The molecule has 0 atom stereocenters. The maximum Gasteiger partial charge on any atom is 0.183 e. The Balaban J connectivity index is 1.83. The van der Waals surface area contributed by atoms with E-state index < -0.39 is 5.97 Å². The second-order valence-corrected chi connectivity index (χ2v) is 5.87. The van der Waals surface area contributed by atoms with Gasteiger partial charge in [0.25, 0.3) is 0 Å². The van der Waals surface area contributed by atoms with Crippen LogP contribution in [0.3, 0.4) is 0 Å². The molecule has 23 heavy (non-hydrogen) atoms. The first kappa shape index (κ1) is 15.3. The lowest BCUT2D eigenvalue weighted by Gasteiger charge is -2.12. The number of carboxylic acids is 1. The van der Waals surface area contributed by atoms with E-state index in [9.17, 15) is 9.90 Å². The van der Waals surface area contributed by atoms with Gasteiger partial charge in [0.15, 0.2) is 5.13 Å². The molecule has 0 bridgehead atoms. The zero-order valence-corrected chi connectivity index (χ0v) is 13.4. The van der Waals surface area contributed by atoms with Crippen LogP contribution in [0.15, 0.2) is 41.8 Å². The van der Waals surface area contributed by atoms with Crippen LogP contribution in [0.4, 0.5) is 5.13 Å². The molecule has 0 saturated heterocycles. The van der Waals surface area contributed by atoms with Crippen LogP contribution in [0.5, 0.6) is 5.75 Å². The Morgan fingerprint density at radius 2 is 2.13 bits per heavy atom. The Bertz CT molecular complexity index is 845. The molecule has 3 aromatic rings. The summed E-state index contributed by atoms with van der Waals surface area (Å²) in [4.78, 5) is 14.9. The molecular formula is C17H15N2O3S-. The molecular weight excluding hydrogens is 312 g/mol. The van der Waals surface area contributed by atoms with E-state index in [4.69, 9.17) is 4.74 Å². The van der Waals surface area contributed by atoms with Crippen LogP contribution in [0.2, 0.25) is 0 Å². The number of methoxy groups -OCH3 is 1. The first-order valence-electron chi connectivity index (χ1n) is 7.10. The molecule has 1 N–H and O–H groups in total. The van der Waals surface area contributed by atoms with Crippen molar-refractivity contribution in [1.29, 1.82) is 0 Å². The van der Waals surface area contributed by atoms with Crippen LogP contribution in [-0.4, -0.2) is 18.1 Å². The highest BCUT2D eigenvalue weighted by atomic mass is 32.1. The van der Waals surface area contributed by atoms with E-state index in [1.54, 1.807) is 12.5 Å². The summed E-state index contributed by atoms with van der Waals surface area (Å²) in [6.07, 6.45) is -0.171. The number of nitrogens with one attached hydrogen (secondary N) is 1. The summed E-state index contributed by atoms with van der Waals surface area (Å²) in [5.74, 6) is -0.319. The van der Waals surface area contributed by atoms with Crippen molar-refractivity contribution in [2.75, 3.05) is 12.4 Å². The van der Waals surface area contributed by atoms with Gasteiger partial charge in [-0.05, 0) is 16.8 Å². The van der Waals surface area contributed by atoms with Crippen LogP contribution in [0.25, 0.3) is 10.8 Å². The molecule has 1 heterocycles. The number of anilines is 1. The fourth-order valence-electron chi connectivity index (χ4n) is 2.47. The molecule has 0 fully saturated rings. The summed E-state index contributed by atoms with van der Waals surface area (Å²) in [6, 6.07) is 12.1. The monoisotopic (exact) mass is 327 g/mol. The van der Waals surface area contributed by atoms with Gasteiger partial charge in [0.05, 0.1) is 12.8 Å². The number of thiazole rings is 1. The number of aliphatic carboxylic acids is 1. The number of benzene rings is 2. The van der Waals surface area contributed by atoms with E-state index >= 15 is 0 Å². The molecule has 0 aliphatic carbocycles. The fraction of sp³-hybridized carbons (Fsp3) is 0.176. The lowest BCUT2D eigenvalue weighted by atomic mass is 10.0. The number of rotatable bonds is 6. The maximum absolute atomic E-state index is 10.6. The predicted octanol–water partition coefficient (Wildman–Crippen LogP) is 2.21. The standard InChI is InChI=1S/C17H16N2O3S/c1-22-15-7-6-11-4-2-3-5-13(11)14(15)9-18-17-19-12(10-23-17)8-16(20)21/h2-7,10H,8-9H2,1H3,(H,18,19)(H,20,21)/p-1. The van der Waals surface area contributed by atoms with Gasteiger partial charge in [-0.15, -0.1) is 11.3 Å². The van der Waals surface area contributed by atoms with Crippen molar-refractivity contribution >= 4 is 33.2 Å². The minimum absolute atomic E-state index is 0.171. The van der Waals surface area contributed by atoms with Crippen molar-refractivity contribution in [3.8, 4) is 5.75 Å². The second kappa shape index (κ2) is 6.66. The highest BCUT2D eigenvalue weighted by Crippen LogP contribution is 2.29. The number of nitrogens with zero attached hydrogens (tertiary/aromatic N) is 1. The smallest absolute Gasteiger partial charge is 0.183 e. The second-order valence-electron chi connectivity index (χ2n) is 5.01. The third kappa shape index (κ3) is 3.43. The van der Waals surface area contributed by atoms with Crippen molar-refractivity contribution in [3.63, 3.8) is 0 Å². The summed E-state index contributed by atoms with van der Waals surface area (Å²) < 4.78 is 5.46. The maximum atomic E-state index is 10.6. The Labute approximate surface area is 137 Å². The number of hydrogen-bond acceptors (Lipinski definition) is 6. The molecule has 2 aromatic carbocycles. The first-order valence-corrected chi connectivity index (χ1v) is 7.98. The average Bonchev–Trinajstić information content (AvgIpc) is 2.99. The third-order valence-corrected chi connectivity index (χ3v) is 4.36. The van der Waals surface area contributed by atoms with Crippen molar-refractivity contribution < 1.29 is 14.6 Å². The number of ether oxygens (including phenoxy) is 1. The fourth-order valence-corrected chi connectivity index (χ4v) is 3.18. The summed E-state index contributed by atoms with van der Waals surface area (Å²) in [6.45, 7) is 0.544. The minimum Gasteiger partial charge on any atom is -0.550 e. The highest BCUT2D eigenvalue weighted by Gasteiger charge is 2.09. The third-order valence-electron chi connectivity index (χ3n) is 3.51. The number of carbonyl (C=O) groups is 1. The van der Waals surface area contributed by atoms with Crippen molar-refractivity contribution in [1.82, 2.24) is 4.98 Å². The SMILES string of the molecule is COc1ccc2ccccc2c1CNc1nc(CC(=O)[O-])cs1. The Kier molecular flexibility index (Phi) is 4.43. The normalized spacial score (nSPS) is 10.7. The van der Waals surface area contributed by atoms with Gasteiger partial charge in [0.2, 0.25) is 0 Å². The van der Waals surface area contributed by atoms with Crippen LogP contribution in [-0.2, 0) is 17.8 Å². The molecule has 0 unspecified atom stereocenters. The zero-order valence-electron chi connectivity index (χ0n) is 12.5. The summed E-state index contributed by atoms with van der Waals surface area (Å²) in [7, 11) is 1.65. The van der Waals surface area contributed by atoms with E-state index in [2.05, 4.69) is 22.4 Å². The van der Waals surface area contributed by atoms with Crippen molar-refractivity contribution in [2.45, 2.75) is 13.0 Å². The van der Waals surface area contributed by atoms with Crippen LogP contribution < -0.4 is 15.2 Å². The van der Waals surface area contributed by atoms with E-state index in [0.29, 0.717) is 17.4 Å². The quantitative estimate of drug-likeness (QED) is 0.751. The Morgan fingerprint density at radius 1 is 1.30 bits per heavy atom. The van der Waals surface area contributed by atoms with Crippen LogP contribution in [0, 0.1) is 0 Å². The Hall–Kier alpha value is -2.60. The largest absolute Gasteiger partial charge is 0.550 e. The van der Waals surface area contributed by atoms with Crippen molar-refractivity contribution in [2.24, 2.45) is 0 Å². The minimum atomic E-state index is -1.13. The topological polar surface area (TPSA) is 74.3 Å². The Morgan fingerprint density at radius 3 is 2.91 bits per heavy atom. The first-order chi connectivity index (χ1) is 11.2. The molecule has 6 heteroatoms. The van der Waals surface area contributed by atoms with Gasteiger partial charge in [-0.1, -0.05) is 30.3 Å². The lowest BCUT2D eigenvalue weighted by molar-refractivity contribution is -0.304. The average molecular weight is 327 g/mol. The van der Waals surface area contributed by atoms with Gasteiger partial charge in [-0.2, -0.15) is 0 Å². The molecule has 5 nitrogen and oxygen atoms in total. The van der Waals surface area contributed by atoms with E-state index in [-0.39, 0.29) is 6.42 Å². The van der Waals surface area contributed by atoms with Gasteiger partial charge in [-0.25, -0.2) is 4.98 Å².